The number of allylic oxidation sites excluding steroid dienone is 1. The first-order valence-electron chi connectivity index (χ1n) is 8.60. The largest absolute Gasteiger partial charge is 0.497 e. The summed E-state index contributed by atoms with van der Waals surface area (Å²) in [7, 11) is 3.21. The zero-order valence-corrected chi connectivity index (χ0v) is 15.4. The van der Waals surface area contributed by atoms with E-state index in [9.17, 15) is 5.26 Å². The fourth-order valence-corrected chi connectivity index (χ4v) is 3.40. The minimum Gasteiger partial charge on any atom is -0.497 e. The summed E-state index contributed by atoms with van der Waals surface area (Å²) in [5.41, 5.74) is 9.55. The number of fused-ring (bicyclic) bond motifs is 1. The van der Waals surface area contributed by atoms with Crippen molar-refractivity contribution in [2.75, 3.05) is 14.2 Å². The smallest absolute Gasteiger partial charge is 0.244 e. The van der Waals surface area contributed by atoms with Gasteiger partial charge in [0.25, 0.3) is 0 Å². The molecule has 1 aliphatic heterocycles. The number of nitriles is 1. The molecule has 0 amide bonds. The van der Waals surface area contributed by atoms with Crippen molar-refractivity contribution in [1.29, 1.82) is 5.26 Å². The molecule has 0 saturated heterocycles. The van der Waals surface area contributed by atoms with Crippen molar-refractivity contribution in [3.05, 3.63) is 71.1 Å². The van der Waals surface area contributed by atoms with Gasteiger partial charge in [0.2, 0.25) is 11.8 Å². The number of H-pyrrole nitrogens is 1. The van der Waals surface area contributed by atoms with Crippen molar-refractivity contribution >= 4 is 0 Å². The lowest BCUT2D eigenvalue weighted by Crippen LogP contribution is -2.21. The number of methoxy groups -OCH3 is 2. The molecule has 3 aromatic rings. The highest BCUT2D eigenvalue weighted by Crippen LogP contribution is 2.46. The van der Waals surface area contributed by atoms with Crippen LogP contribution in [0.2, 0.25) is 0 Å². The Hall–Kier alpha value is -3.92. The van der Waals surface area contributed by atoms with Crippen LogP contribution >= 0.6 is 0 Å². The molecule has 1 aromatic heterocycles. The predicted octanol–water partition coefficient (Wildman–Crippen LogP) is 3.31. The summed E-state index contributed by atoms with van der Waals surface area (Å²) in [4.78, 5) is 0. The molecular weight excluding hydrogens is 356 g/mol. The lowest BCUT2D eigenvalue weighted by molar-refractivity contribution is 0.378. The molecule has 1 aliphatic rings. The van der Waals surface area contributed by atoms with E-state index in [0.29, 0.717) is 23.0 Å². The lowest BCUT2D eigenvalue weighted by Gasteiger charge is -2.24. The van der Waals surface area contributed by atoms with Crippen molar-refractivity contribution in [2.24, 2.45) is 5.73 Å². The molecular formula is C21H18N4O3. The van der Waals surface area contributed by atoms with Gasteiger partial charge in [-0.3, -0.25) is 5.10 Å². The summed E-state index contributed by atoms with van der Waals surface area (Å²) in [5.74, 6) is 1.36. The fraction of sp³-hybridized carbons (Fsp3) is 0.143. The molecule has 0 aliphatic carbocycles. The summed E-state index contributed by atoms with van der Waals surface area (Å²) >= 11 is 0. The van der Waals surface area contributed by atoms with Crippen LogP contribution in [0, 0.1) is 11.3 Å². The molecule has 28 heavy (non-hydrogen) atoms. The molecule has 0 fully saturated rings. The summed E-state index contributed by atoms with van der Waals surface area (Å²) in [6, 6.07) is 17.3. The Morgan fingerprint density at radius 2 is 1.82 bits per heavy atom. The molecule has 140 valence electrons. The Morgan fingerprint density at radius 1 is 1.11 bits per heavy atom. The van der Waals surface area contributed by atoms with Crippen LogP contribution in [-0.4, -0.2) is 24.4 Å². The second-order valence-corrected chi connectivity index (χ2v) is 6.25. The molecule has 3 N–H and O–H groups in total. The average Bonchev–Trinajstić information content (AvgIpc) is 3.16. The number of benzene rings is 2. The highest BCUT2D eigenvalue weighted by atomic mass is 16.5. The van der Waals surface area contributed by atoms with Gasteiger partial charge in [-0.1, -0.05) is 24.3 Å². The molecule has 1 atom stereocenters. The Kier molecular flexibility index (Phi) is 4.38. The molecule has 0 radical (unpaired) electrons. The van der Waals surface area contributed by atoms with Gasteiger partial charge in [-0.15, -0.1) is 5.10 Å². The molecule has 0 unspecified atom stereocenters. The van der Waals surface area contributed by atoms with Gasteiger partial charge in [0.1, 0.15) is 23.1 Å². The van der Waals surface area contributed by atoms with Gasteiger partial charge in [-0.25, -0.2) is 0 Å². The maximum Gasteiger partial charge on any atom is 0.244 e. The molecule has 2 heterocycles. The van der Waals surface area contributed by atoms with E-state index < -0.39 is 5.92 Å². The van der Waals surface area contributed by atoms with E-state index in [2.05, 4.69) is 16.3 Å². The van der Waals surface area contributed by atoms with Gasteiger partial charge in [0.05, 0.1) is 31.4 Å². The SMILES string of the molecule is COc1cccc(-c2[nH]nc3c2[C@H](c2cccc(OC)c2)C(C#N)=C(N)O3)c1. The van der Waals surface area contributed by atoms with Crippen LogP contribution in [0.5, 0.6) is 17.4 Å². The number of nitrogens with zero attached hydrogens (tertiary/aromatic N) is 2. The van der Waals surface area contributed by atoms with E-state index in [1.165, 1.54) is 0 Å². The first-order chi connectivity index (χ1) is 13.7. The summed E-state index contributed by atoms with van der Waals surface area (Å²) in [5, 5.41) is 17.1. The highest BCUT2D eigenvalue weighted by Gasteiger charge is 2.35. The summed E-state index contributed by atoms with van der Waals surface area (Å²) in [6.45, 7) is 0. The monoisotopic (exact) mass is 374 g/mol. The van der Waals surface area contributed by atoms with Gasteiger partial charge in [0.15, 0.2) is 0 Å². The average molecular weight is 374 g/mol. The molecule has 0 saturated carbocycles. The normalized spacial score (nSPS) is 15.4. The van der Waals surface area contributed by atoms with Crippen molar-refractivity contribution in [2.45, 2.75) is 5.92 Å². The number of nitrogens with two attached hydrogens (primary N) is 1. The zero-order valence-electron chi connectivity index (χ0n) is 15.4. The van der Waals surface area contributed by atoms with E-state index in [1.807, 2.05) is 48.5 Å². The lowest BCUT2D eigenvalue weighted by atomic mass is 9.83. The first-order valence-corrected chi connectivity index (χ1v) is 8.60. The van der Waals surface area contributed by atoms with Crippen molar-refractivity contribution in [3.63, 3.8) is 0 Å². The number of hydrogen-bond acceptors (Lipinski definition) is 6. The summed E-state index contributed by atoms with van der Waals surface area (Å²) < 4.78 is 16.3. The standard InChI is InChI=1S/C21H18N4O3/c1-26-14-7-3-5-12(9-14)17-16(11-22)20(23)28-21-18(17)19(24-25-21)13-6-4-8-15(10-13)27-2/h3-10,17H,23H2,1-2H3,(H,24,25)/t17-/m1/s1. The number of rotatable bonds is 4. The van der Waals surface area contributed by atoms with Gasteiger partial charge in [0, 0.05) is 5.56 Å². The number of aromatic amines is 1. The molecule has 7 heteroatoms. The predicted molar refractivity (Wildman–Crippen MR) is 103 cm³/mol. The fourth-order valence-electron chi connectivity index (χ4n) is 3.40. The molecule has 4 rings (SSSR count). The van der Waals surface area contributed by atoms with Crippen molar-refractivity contribution in [3.8, 4) is 34.7 Å². The molecule has 0 bridgehead atoms. The Labute approximate surface area is 162 Å². The van der Waals surface area contributed by atoms with E-state index in [1.54, 1.807) is 14.2 Å². The minimum atomic E-state index is -0.441. The Bertz CT molecular complexity index is 1110. The molecule has 7 nitrogen and oxygen atoms in total. The second-order valence-electron chi connectivity index (χ2n) is 6.25. The minimum absolute atomic E-state index is 0.0477. The van der Waals surface area contributed by atoms with Crippen LogP contribution < -0.4 is 19.9 Å². The van der Waals surface area contributed by atoms with Crippen LogP contribution in [0.25, 0.3) is 11.3 Å². The van der Waals surface area contributed by atoms with E-state index in [0.717, 1.165) is 22.4 Å². The first kappa shape index (κ1) is 17.5. The molecule has 0 spiro atoms. The van der Waals surface area contributed by atoms with Gasteiger partial charge < -0.3 is 19.9 Å². The van der Waals surface area contributed by atoms with E-state index in [4.69, 9.17) is 19.9 Å². The van der Waals surface area contributed by atoms with Crippen LogP contribution in [0.15, 0.2) is 60.0 Å². The molecule has 2 aromatic carbocycles. The van der Waals surface area contributed by atoms with Crippen molar-refractivity contribution < 1.29 is 14.2 Å². The van der Waals surface area contributed by atoms with Gasteiger partial charge >= 0.3 is 0 Å². The summed E-state index contributed by atoms with van der Waals surface area (Å²) in [6.07, 6.45) is 0. The number of aromatic nitrogens is 2. The topological polar surface area (TPSA) is 106 Å². The van der Waals surface area contributed by atoms with Gasteiger partial charge in [-0.05, 0) is 29.8 Å². The third kappa shape index (κ3) is 2.81. The maximum absolute atomic E-state index is 9.78. The van der Waals surface area contributed by atoms with Crippen LogP contribution in [-0.2, 0) is 0 Å². The Morgan fingerprint density at radius 3 is 2.54 bits per heavy atom. The van der Waals surface area contributed by atoms with Crippen LogP contribution in [0.1, 0.15) is 17.0 Å². The Balaban J connectivity index is 1.94. The third-order valence-electron chi connectivity index (χ3n) is 4.72. The van der Waals surface area contributed by atoms with Gasteiger partial charge in [-0.2, -0.15) is 5.26 Å². The number of ether oxygens (including phenoxy) is 3. The van der Waals surface area contributed by atoms with E-state index >= 15 is 0 Å². The maximum atomic E-state index is 9.78. The van der Waals surface area contributed by atoms with Crippen molar-refractivity contribution in [1.82, 2.24) is 10.2 Å². The number of hydrogen-bond donors (Lipinski definition) is 2. The zero-order chi connectivity index (χ0) is 19.7. The van der Waals surface area contributed by atoms with Crippen LogP contribution in [0.3, 0.4) is 0 Å². The third-order valence-corrected chi connectivity index (χ3v) is 4.72. The quantitative estimate of drug-likeness (QED) is 0.726. The highest BCUT2D eigenvalue weighted by molar-refractivity contribution is 5.71. The second kappa shape index (κ2) is 7.00. The van der Waals surface area contributed by atoms with E-state index in [-0.39, 0.29) is 5.88 Å². The number of nitrogens with one attached hydrogen (secondary N) is 1. The van der Waals surface area contributed by atoms with Crippen LogP contribution in [0.4, 0.5) is 0 Å².